The molecule has 2 N–H and O–H groups in total. The van der Waals surface area contributed by atoms with Gasteiger partial charge in [0.05, 0.1) is 7.11 Å². The molecule has 0 aliphatic rings. The number of nitrogens with one attached hydrogen (secondary N) is 1. The number of methoxy groups -OCH3 is 1. The Hall–Kier alpha value is -2.67. The van der Waals surface area contributed by atoms with E-state index in [4.69, 9.17) is 14.6 Å². The van der Waals surface area contributed by atoms with Crippen molar-refractivity contribution in [3.63, 3.8) is 0 Å². The lowest BCUT2D eigenvalue weighted by atomic mass is 10.2. The maximum absolute atomic E-state index is 12.0. The number of benzene rings is 2. The summed E-state index contributed by atoms with van der Waals surface area (Å²) in [6.45, 7) is -0.0191. The molecule has 0 saturated heterocycles. The first-order valence-electron chi connectivity index (χ1n) is 8.04. The zero-order chi connectivity index (χ0) is 18.8. The Labute approximate surface area is 156 Å². The van der Waals surface area contributed by atoms with E-state index in [1.165, 1.54) is 0 Å². The summed E-state index contributed by atoms with van der Waals surface area (Å²) < 4.78 is 10.2. The van der Waals surface area contributed by atoms with Gasteiger partial charge in [-0.2, -0.15) is 0 Å². The summed E-state index contributed by atoms with van der Waals surface area (Å²) in [5.74, 6) is 0.886. The molecule has 0 aliphatic carbocycles. The molecule has 0 atom stereocenters. The number of carbonyl (C=O) groups excluding carboxylic acids is 1. The van der Waals surface area contributed by atoms with E-state index in [0.29, 0.717) is 24.5 Å². The number of thioether (sulfide) groups is 1. The Balaban J connectivity index is 1.71. The average molecular weight is 375 g/mol. The molecule has 7 heteroatoms. The molecule has 0 spiro atoms. The third-order valence-electron chi connectivity index (χ3n) is 3.41. The van der Waals surface area contributed by atoms with Gasteiger partial charge in [0, 0.05) is 23.6 Å². The molecule has 2 rings (SSSR count). The number of aliphatic carboxylic acids is 1. The van der Waals surface area contributed by atoms with Gasteiger partial charge >= 0.3 is 5.97 Å². The molecule has 0 unspecified atom stereocenters. The van der Waals surface area contributed by atoms with Gasteiger partial charge in [0.25, 0.3) is 0 Å². The molecule has 2 aromatic rings. The third kappa shape index (κ3) is 7.06. The first kappa shape index (κ1) is 19.7. The highest BCUT2D eigenvalue weighted by Crippen LogP contribution is 2.21. The second-order valence-electron chi connectivity index (χ2n) is 5.38. The largest absolute Gasteiger partial charge is 0.497 e. The van der Waals surface area contributed by atoms with Crippen LogP contribution in [0.3, 0.4) is 0 Å². The van der Waals surface area contributed by atoms with E-state index in [2.05, 4.69) is 5.32 Å². The van der Waals surface area contributed by atoms with Crippen molar-refractivity contribution in [2.45, 2.75) is 17.9 Å². The van der Waals surface area contributed by atoms with Gasteiger partial charge in [0.15, 0.2) is 6.61 Å². The molecule has 26 heavy (non-hydrogen) atoms. The summed E-state index contributed by atoms with van der Waals surface area (Å²) >= 11 is 1.61. The standard InChI is InChI=1S/C19H21NO5S/c1-24-15-5-7-17(8-6-15)26-10-9-18(21)20-12-14-3-2-4-16(11-14)25-13-19(22)23/h2-8,11H,9-10,12-13H2,1H3,(H,20,21)(H,22,23). The van der Waals surface area contributed by atoms with Crippen LogP contribution in [-0.4, -0.2) is 36.5 Å². The number of hydrogen-bond acceptors (Lipinski definition) is 5. The van der Waals surface area contributed by atoms with Crippen LogP contribution in [0.5, 0.6) is 11.5 Å². The molecule has 0 saturated carbocycles. The second-order valence-corrected chi connectivity index (χ2v) is 6.55. The lowest BCUT2D eigenvalue weighted by molar-refractivity contribution is -0.139. The van der Waals surface area contributed by atoms with E-state index in [1.54, 1.807) is 37.1 Å². The van der Waals surface area contributed by atoms with Gasteiger partial charge in [-0.15, -0.1) is 11.8 Å². The lowest BCUT2D eigenvalue weighted by Crippen LogP contribution is -2.23. The Bertz CT molecular complexity index is 733. The van der Waals surface area contributed by atoms with Crippen molar-refractivity contribution in [1.29, 1.82) is 0 Å². The van der Waals surface area contributed by atoms with E-state index in [1.807, 2.05) is 30.3 Å². The molecule has 1 amide bonds. The molecule has 0 bridgehead atoms. The number of carboxylic acid groups (broad SMARTS) is 1. The third-order valence-corrected chi connectivity index (χ3v) is 4.42. The minimum Gasteiger partial charge on any atom is -0.497 e. The topological polar surface area (TPSA) is 84.9 Å². The average Bonchev–Trinajstić information content (AvgIpc) is 2.65. The van der Waals surface area contributed by atoms with Gasteiger partial charge in [-0.25, -0.2) is 4.79 Å². The smallest absolute Gasteiger partial charge is 0.341 e. The summed E-state index contributed by atoms with van der Waals surface area (Å²) in [7, 11) is 1.63. The van der Waals surface area contributed by atoms with Crippen molar-refractivity contribution < 1.29 is 24.2 Å². The number of amides is 1. The first-order chi connectivity index (χ1) is 12.6. The summed E-state index contributed by atoms with van der Waals surface area (Å²) in [6.07, 6.45) is 0.409. The fourth-order valence-corrected chi connectivity index (χ4v) is 2.96. The predicted octanol–water partition coefficient (Wildman–Crippen LogP) is 2.96. The van der Waals surface area contributed by atoms with E-state index in [-0.39, 0.29) is 5.91 Å². The lowest BCUT2D eigenvalue weighted by Gasteiger charge is -2.08. The number of hydrogen-bond donors (Lipinski definition) is 2. The SMILES string of the molecule is COc1ccc(SCCC(=O)NCc2cccc(OCC(=O)O)c2)cc1. The van der Waals surface area contributed by atoms with Crippen LogP contribution >= 0.6 is 11.8 Å². The number of ether oxygens (including phenoxy) is 2. The van der Waals surface area contributed by atoms with Crippen LogP contribution in [0.25, 0.3) is 0 Å². The molecule has 138 valence electrons. The minimum absolute atomic E-state index is 0.0390. The van der Waals surface area contributed by atoms with Crippen molar-refractivity contribution in [3.05, 3.63) is 54.1 Å². The second kappa shape index (κ2) is 10.4. The Morgan fingerprint density at radius 1 is 1.12 bits per heavy atom. The summed E-state index contributed by atoms with van der Waals surface area (Å²) in [5, 5.41) is 11.5. The van der Waals surface area contributed by atoms with Crippen molar-refractivity contribution in [3.8, 4) is 11.5 Å². The molecule has 0 fully saturated rings. The van der Waals surface area contributed by atoms with Crippen LogP contribution in [0.15, 0.2) is 53.4 Å². The van der Waals surface area contributed by atoms with E-state index < -0.39 is 12.6 Å². The molecule has 2 aromatic carbocycles. The van der Waals surface area contributed by atoms with Gasteiger partial charge < -0.3 is 19.9 Å². The Morgan fingerprint density at radius 2 is 1.88 bits per heavy atom. The fourth-order valence-electron chi connectivity index (χ4n) is 2.11. The van der Waals surface area contributed by atoms with Crippen LogP contribution in [0.2, 0.25) is 0 Å². The van der Waals surface area contributed by atoms with Crippen LogP contribution in [0.4, 0.5) is 0 Å². The minimum atomic E-state index is -1.03. The van der Waals surface area contributed by atoms with E-state index in [9.17, 15) is 9.59 Å². The molecule has 0 aliphatic heterocycles. The van der Waals surface area contributed by atoms with Crippen molar-refractivity contribution in [2.75, 3.05) is 19.5 Å². The summed E-state index contributed by atoms with van der Waals surface area (Å²) in [4.78, 5) is 23.6. The quantitative estimate of drug-likeness (QED) is 0.621. The van der Waals surface area contributed by atoms with Crippen LogP contribution in [-0.2, 0) is 16.1 Å². The normalized spacial score (nSPS) is 10.2. The van der Waals surface area contributed by atoms with Crippen molar-refractivity contribution in [2.24, 2.45) is 0 Å². The number of carbonyl (C=O) groups is 2. The van der Waals surface area contributed by atoms with Crippen LogP contribution in [0.1, 0.15) is 12.0 Å². The first-order valence-corrected chi connectivity index (χ1v) is 9.02. The molecule has 0 aromatic heterocycles. The highest BCUT2D eigenvalue weighted by atomic mass is 32.2. The number of carboxylic acids is 1. The molecule has 0 radical (unpaired) electrons. The van der Waals surface area contributed by atoms with Gasteiger partial charge in [-0.3, -0.25) is 4.79 Å². The monoisotopic (exact) mass is 375 g/mol. The summed E-state index contributed by atoms with van der Waals surface area (Å²) in [6, 6.07) is 14.7. The van der Waals surface area contributed by atoms with Gasteiger partial charge in [0.2, 0.25) is 5.91 Å². The Kier molecular flexibility index (Phi) is 7.82. The van der Waals surface area contributed by atoms with E-state index in [0.717, 1.165) is 16.2 Å². The van der Waals surface area contributed by atoms with Crippen LogP contribution < -0.4 is 14.8 Å². The van der Waals surface area contributed by atoms with Gasteiger partial charge in [-0.1, -0.05) is 12.1 Å². The maximum Gasteiger partial charge on any atom is 0.341 e. The van der Waals surface area contributed by atoms with Crippen LogP contribution in [0, 0.1) is 0 Å². The zero-order valence-electron chi connectivity index (χ0n) is 14.4. The molecular weight excluding hydrogens is 354 g/mol. The van der Waals surface area contributed by atoms with Crippen molar-refractivity contribution >= 4 is 23.6 Å². The van der Waals surface area contributed by atoms with Crippen molar-refractivity contribution in [1.82, 2.24) is 5.32 Å². The molecule has 6 nitrogen and oxygen atoms in total. The van der Waals surface area contributed by atoms with Gasteiger partial charge in [-0.05, 0) is 42.0 Å². The zero-order valence-corrected chi connectivity index (χ0v) is 15.3. The predicted molar refractivity (Wildman–Crippen MR) is 99.8 cm³/mol. The number of rotatable bonds is 10. The molecule has 0 heterocycles. The highest BCUT2D eigenvalue weighted by molar-refractivity contribution is 7.99. The Morgan fingerprint density at radius 3 is 2.58 bits per heavy atom. The fraction of sp³-hybridized carbons (Fsp3) is 0.263. The van der Waals surface area contributed by atoms with E-state index >= 15 is 0 Å². The highest BCUT2D eigenvalue weighted by Gasteiger charge is 2.04. The summed E-state index contributed by atoms with van der Waals surface area (Å²) in [5.41, 5.74) is 0.851. The maximum atomic E-state index is 12.0. The molecular formula is C19H21NO5S. The van der Waals surface area contributed by atoms with Gasteiger partial charge in [0.1, 0.15) is 11.5 Å².